The van der Waals surface area contributed by atoms with Gasteiger partial charge in [0.25, 0.3) is 5.67 Å². The molecule has 1 aromatic heterocycles. The highest BCUT2D eigenvalue weighted by molar-refractivity contribution is 6.29. The van der Waals surface area contributed by atoms with Gasteiger partial charge in [-0.2, -0.15) is 0 Å². The number of rotatable bonds is 3. The Morgan fingerprint density at radius 3 is 2.69 bits per heavy atom. The van der Waals surface area contributed by atoms with Crippen LogP contribution in [0, 0.1) is 0 Å². The van der Waals surface area contributed by atoms with E-state index in [0.29, 0.717) is 0 Å². The predicted molar refractivity (Wildman–Crippen MR) is 56.7 cm³/mol. The maximum Gasteiger partial charge on any atom is 0.354 e. The molecule has 16 heavy (non-hydrogen) atoms. The van der Waals surface area contributed by atoms with Crippen molar-refractivity contribution in [1.29, 1.82) is 0 Å². The first kappa shape index (κ1) is 12.6. The summed E-state index contributed by atoms with van der Waals surface area (Å²) >= 11 is 5.58. The molecule has 0 fully saturated rings. The summed E-state index contributed by atoms with van der Waals surface area (Å²) < 4.78 is 18.9. The number of alkyl halides is 1. The summed E-state index contributed by atoms with van der Waals surface area (Å²) in [6.45, 7) is 4.78. The van der Waals surface area contributed by atoms with Crippen LogP contribution in [0.4, 0.5) is 4.39 Å². The van der Waals surface area contributed by atoms with E-state index in [4.69, 9.17) is 11.6 Å². The van der Waals surface area contributed by atoms with Gasteiger partial charge in [-0.3, -0.25) is 4.98 Å². The van der Waals surface area contributed by atoms with Crippen molar-refractivity contribution < 1.29 is 13.9 Å². The average Bonchev–Trinajstić information content (AvgIpc) is 2.26. The lowest BCUT2D eigenvalue weighted by molar-refractivity contribution is -0.152. The van der Waals surface area contributed by atoms with E-state index in [1.165, 1.54) is 13.1 Å². The van der Waals surface area contributed by atoms with E-state index in [2.05, 4.69) is 21.3 Å². The summed E-state index contributed by atoms with van der Waals surface area (Å²) in [5, 5.41) is -0.00956. The van der Waals surface area contributed by atoms with Crippen molar-refractivity contribution in [2.45, 2.75) is 12.6 Å². The number of carbonyl (C=O) groups excluding carboxylic acids is 1. The standard InChI is InChI=1S/C10H10ClFN2O2/c1-6(2)10(12,9(15)16-3)7-4-13-5-8(11)14-7/h4-5H,1H2,2-3H3. The van der Waals surface area contributed by atoms with Gasteiger partial charge >= 0.3 is 5.97 Å². The first-order valence-corrected chi connectivity index (χ1v) is 4.72. The molecule has 1 atom stereocenters. The van der Waals surface area contributed by atoms with Crippen LogP contribution in [0.25, 0.3) is 0 Å². The van der Waals surface area contributed by atoms with E-state index in [1.807, 2.05) is 0 Å². The average molecular weight is 245 g/mol. The van der Waals surface area contributed by atoms with Crippen LogP contribution >= 0.6 is 11.6 Å². The van der Waals surface area contributed by atoms with Crippen molar-refractivity contribution in [2.24, 2.45) is 0 Å². The van der Waals surface area contributed by atoms with Crippen molar-refractivity contribution in [1.82, 2.24) is 9.97 Å². The van der Waals surface area contributed by atoms with Crippen LogP contribution in [0.1, 0.15) is 12.6 Å². The Balaban J connectivity index is 3.33. The molecule has 0 aliphatic heterocycles. The third-order valence-corrected chi connectivity index (χ3v) is 2.19. The van der Waals surface area contributed by atoms with Gasteiger partial charge in [-0.15, -0.1) is 0 Å². The van der Waals surface area contributed by atoms with E-state index in [0.717, 1.165) is 13.3 Å². The molecule has 0 amide bonds. The summed E-state index contributed by atoms with van der Waals surface area (Å²) in [6, 6.07) is 0. The van der Waals surface area contributed by atoms with E-state index < -0.39 is 11.6 Å². The van der Waals surface area contributed by atoms with Gasteiger partial charge in [-0.25, -0.2) is 14.2 Å². The molecule has 1 heterocycles. The number of aromatic nitrogens is 2. The summed E-state index contributed by atoms with van der Waals surface area (Å²) in [6.07, 6.45) is 2.35. The SMILES string of the molecule is C=C(C)C(F)(C(=O)OC)c1cncc(Cl)n1. The summed E-state index contributed by atoms with van der Waals surface area (Å²) in [5.41, 5.74) is -2.80. The predicted octanol–water partition coefficient (Wildman–Crippen LogP) is 2.04. The molecule has 0 aromatic carbocycles. The largest absolute Gasteiger partial charge is 0.466 e. The highest BCUT2D eigenvalue weighted by Crippen LogP contribution is 2.33. The Morgan fingerprint density at radius 2 is 2.25 bits per heavy atom. The minimum Gasteiger partial charge on any atom is -0.466 e. The van der Waals surface area contributed by atoms with Gasteiger partial charge in [-0.1, -0.05) is 18.2 Å². The molecular formula is C10H10ClFN2O2. The fourth-order valence-corrected chi connectivity index (χ4v) is 1.29. The Morgan fingerprint density at radius 1 is 1.62 bits per heavy atom. The van der Waals surface area contributed by atoms with Crippen LogP contribution in [0.15, 0.2) is 24.5 Å². The van der Waals surface area contributed by atoms with E-state index in [1.54, 1.807) is 0 Å². The number of halogens is 2. The summed E-state index contributed by atoms with van der Waals surface area (Å²) in [4.78, 5) is 18.8. The summed E-state index contributed by atoms with van der Waals surface area (Å²) in [7, 11) is 1.08. The van der Waals surface area contributed by atoms with Crippen molar-refractivity contribution in [2.75, 3.05) is 7.11 Å². The molecule has 1 unspecified atom stereocenters. The normalized spacial score (nSPS) is 14.0. The molecule has 0 bridgehead atoms. The Hall–Kier alpha value is -1.49. The second kappa shape index (κ2) is 4.57. The first-order chi connectivity index (χ1) is 7.42. The first-order valence-electron chi connectivity index (χ1n) is 4.34. The quantitative estimate of drug-likeness (QED) is 0.603. The highest BCUT2D eigenvalue weighted by atomic mass is 35.5. The lowest BCUT2D eigenvalue weighted by Gasteiger charge is -2.21. The number of nitrogens with zero attached hydrogens (tertiary/aromatic N) is 2. The number of esters is 1. The number of carbonyl (C=O) groups is 1. The number of ether oxygens (including phenoxy) is 1. The van der Waals surface area contributed by atoms with Crippen LogP contribution in [-0.4, -0.2) is 23.0 Å². The molecule has 1 aromatic rings. The van der Waals surface area contributed by atoms with Crippen LogP contribution in [0.2, 0.25) is 5.15 Å². The van der Waals surface area contributed by atoms with Gasteiger partial charge in [0.05, 0.1) is 19.5 Å². The smallest absolute Gasteiger partial charge is 0.354 e. The second-order valence-corrected chi connectivity index (χ2v) is 3.54. The maximum absolute atomic E-state index is 14.5. The maximum atomic E-state index is 14.5. The lowest BCUT2D eigenvalue weighted by atomic mass is 9.95. The third kappa shape index (κ3) is 2.04. The minimum absolute atomic E-state index is 0.00956. The molecule has 0 spiro atoms. The van der Waals surface area contributed by atoms with Crippen LogP contribution in [0.3, 0.4) is 0 Å². The fraction of sp³-hybridized carbons (Fsp3) is 0.300. The Kier molecular flexibility index (Phi) is 3.59. The molecule has 4 nitrogen and oxygen atoms in total. The topological polar surface area (TPSA) is 52.1 Å². The zero-order valence-corrected chi connectivity index (χ0v) is 9.58. The molecule has 0 saturated carbocycles. The fourth-order valence-electron chi connectivity index (χ4n) is 1.15. The zero-order chi connectivity index (χ0) is 12.3. The van der Waals surface area contributed by atoms with Crippen molar-refractivity contribution in [3.8, 4) is 0 Å². The minimum atomic E-state index is -2.52. The van der Waals surface area contributed by atoms with Gasteiger partial charge in [0.15, 0.2) is 0 Å². The Bertz CT molecular complexity index is 439. The summed E-state index contributed by atoms with van der Waals surface area (Å²) in [5.74, 6) is -1.10. The molecule has 0 N–H and O–H groups in total. The monoisotopic (exact) mass is 244 g/mol. The molecule has 0 saturated heterocycles. The lowest BCUT2D eigenvalue weighted by Crippen LogP contribution is -2.34. The van der Waals surface area contributed by atoms with Gasteiger partial charge in [0.2, 0.25) is 0 Å². The van der Waals surface area contributed by atoms with Crippen LogP contribution < -0.4 is 0 Å². The number of methoxy groups -OCH3 is 1. The van der Waals surface area contributed by atoms with E-state index in [-0.39, 0.29) is 16.4 Å². The van der Waals surface area contributed by atoms with E-state index in [9.17, 15) is 9.18 Å². The van der Waals surface area contributed by atoms with Crippen molar-refractivity contribution in [3.63, 3.8) is 0 Å². The molecule has 1 rings (SSSR count). The van der Waals surface area contributed by atoms with Gasteiger partial charge < -0.3 is 4.74 Å². The molecule has 0 aliphatic rings. The highest BCUT2D eigenvalue weighted by Gasteiger charge is 2.45. The molecule has 6 heteroatoms. The second-order valence-electron chi connectivity index (χ2n) is 3.16. The zero-order valence-electron chi connectivity index (χ0n) is 8.83. The molecule has 86 valence electrons. The van der Waals surface area contributed by atoms with Gasteiger partial charge in [-0.05, 0) is 12.5 Å². The molecule has 0 aliphatic carbocycles. The molecular weight excluding hydrogens is 235 g/mol. The van der Waals surface area contributed by atoms with Crippen molar-refractivity contribution in [3.05, 3.63) is 35.4 Å². The van der Waals surface area contributed by atoms with E-state index >= 15 is 0 Å². The van der Waals surface area contributed by atoms with Crippen LogP contribution in [-0.2, 0) is 15.2 Å². The molecule has 0 radical (unpaired) electrons. The van der Waals surface area contributed by atoms with Crippen LogP contribution in [0.5, 0.6) is 0 Å². The Labute approximate surface area is 97.1 Å². The van der Waals surface area contributed by atoms with Crippen molar-refractivity contribution >= 4 is 17.6 Å². The van der Waals surface area contributed by atoms with Gasteiger partial charge in [0, 0.05) is 0 Å². The number of hydrogen-bond donors (Lipinski definition) is 0. The third-order valence-electron chi connectivity index (χ3n) is 2.01. The number of hydrogen-bond acceptors (Lipinski definition) is 4. The van der Waals surface area contributed by atoms with Gasteiger partial charge in [0.1, 0.15) is 10.8 Å².